The van der Waals surface area contributed by atoms with Crippen LogP contribution in [0, 0.1) is 11.6 Å². The molecule has 100 valence electrons. The summed E-state index contributed by atoms with van der Waals surface area (Å²) in [5.74, 6) is -0.524. The lowest BCUT2D eigenvalue weighted by atomic mass is 10.1. The zero-order chi connectivity index (χ0) is 13.8. The minimum absolute atomic E-state index is 0.107. The summed E-state index contributed by atoms with van der Waals surface area (Å²) in [5, 5.41) is 0. The Balaban J connectivity index is 2.29. The zero-order valence-electron chi connectivity index (χ0n) is 10.6. The Hall–Kier alpha value is -1.39. The van der Waals surface area contributed by atoms with Crippen molar-refractivity contribution in [1.82, 2.24) is 0 Å². The van der Waals surface area contributed by atoms with Crippen molar-refractivity contribution in [2.24, 2.45) is 5.73 Å². The van der Waals surface area contributed by atoms with E-state index in [0.29, 0.717) is 12.0 Å². The van der Waals surface area contributed by atoms with Crippen LogP contribution in [0.15, 0.2) is 52.3 Å². The van der Waals surface area contributed by atoms with Crippen LogP contribution >= 0.6 is 11.8 Å². The minimum atomic E-state index is -0.278. The molecular weight excluding hydrogens is 264 g/mol. The van der Waals surface area contributed by atoms with Gasteiger partial charge in [-0.3, -0.25) is 0 Å². The predicted molar refractivity (Wildman–Crippen MR) is 74.3 cm³/mol. The molecule has 0 aliphatic heterocycles. The lowest BCUT2D eigenvalue weighted by Crippen LogP contribution is -2.19. The molecule has 0 spiro atoms. The number of rotatable bonds is 4. The molecule has 2 aromatic rings. The van der Waals surface area contributed by atoms with Crippen molar-refractivity contribution in [3.8, 4) is 0 Å². The average molecular weight is 279 g/mol. The van der Waals surface area contributed by atoms with Crippen molar-refractivity contribution < 1.29 is 8.78 Å². The van der Waals surface area contributed by atoms with Gasteiger partial charge in [0.1, 0.15) is 11.6 Å². The topological polar surface area (TPSA) is 26.0 Å². The monoisotopic (exact) mass is 279 g/mol. The summed E-state index contributed by atoms with van der Waals surface area (Å²) in [7, 11) is 0. The highest BCUT2D eigenvalue weighted by Gasteiger charge is 2.11. The van der Waals surface area contributed by atoms with E-state index in [1.54, 1.807) is 18.2 Å². The fourth-order valence-corrected chi connectivity index (χ4v) is 2.76. The van der Waals surface area contributed by atoms with E-state index in [-0.39, 0.29) is 17.7 Å². The van der Waals surface area contributed by atoms with Gasteiger partial charge in [0.15, 0.2) is 0 Å². The van der Waals surface area contributed by atoms with Gasteiger partial charge in [-0.1, -0.05) is 17.8 Å². The van der Waals surface area contributed by atoms with Crippen molar-refractivity contribution in [1.29, 1.82) is 0 Å². The number of hydrogen-bond donors (Lipinski definition) is 1. The molecular formula is C15H15F2NS. The van der Waals surface area contributed by atoms with E-state index >= 15 is 0 Å². The molecule has 0 heterocycles. The van der Waals surface area contributed by atoms with Gasteiger partial charge in [-0.05, 0) is 49.7 Å². The molecule has 1 atom stereocenters. The Kier molecular flexibility index (Phi) is 4.56. The van der Waals surface area contributed by atoms with Crippen LogP contribution < -0.4 is 5.73 Å². The van der Waals surface area contributed by atoms with Crippen molar-refractivity contribution in [2.45, 2.75) is 29.2 Å². The molecule has 2 aromatic carbocycles. The van der Waals surface area contributed by atoms with E-state index < -0.39 is 0 Å². The number of hydrogen-bond acceptors (Lipinski definition) is 2. The summed E-state index contributed by atoms with van der Waals surface area (Å²) in [4.78, 5) is 1.70. The summed E-state index contributed by atoms with van der Waals surface area (Å²) < 4.78 is 26.7. The Morgan fingerprint density at radius 2 is 1.79 bits per heavy atom. The normalized spacial score (nSPS) is 12.4. The largest absolute Gasteiger partial charge is 0.328 e. The maximum atomic E-state index is 13.8. The third kappa shape index (κ3) is 3.78. The van der Waals surface area contributed by atoms with Gasteiger partial charge < -0.3 is 5.73 Å². The Labute approximate surface area is 115 Å². The molecule has 2 rings (SSSR count). The summed E-state index contributed by atoms with van der Waals surface area (Å²) in [6, 6.07) is 11.0. The van der Waals surface area contributed by atoms with Gasteiger partial charge in [0.25, 0.3) is 0 Å². The molecule has 1 unspecified atom stereocenters. The second-order valence-corrected chi connectivity index (χ2v) is 5.57. The smallest absolute Gasteiger partial charge is 0.127 e. The van der Waals surface area contributed by atoms with Crippen LogP contribution in [-0.4, -0.2) is 6.04 Å². The molecule has 2 N–H and O–H groups in total. The van der Waals surface area contributed by atoms with Gasteiger partial charge >= 0.3 is 0 Å². The Bertz CT molecular complexity index is 553. The third-order valence-corrected chi connectivity index (χ3v) is 3.75. The molecule has 0 saturated carbocycles. The molecule has 0 aliphatic rings. The fourth-order valence-electron chi connectivity index (χ4n) is 1.78. The highest BCUT2D eigenvalue weighted by atomic mass is 32.2. The summed E-state index contributed by atoms with van der Waals surface area (Å²) in [5.41, 5.74) is 6.37. The predicted octanol–water partition coefficient (Wildman–Crippen LogP) is 4.01. The van der Waals surface area contributed by atoms with E-state index in [0.717, 1.165) is 9.79 Å². The van der Waals surface area contributed by atoms with Crippen LogP contribution in [0.4, 0.5) is 8.78 Å². The molecule has 0 saturated heterocycles. The van der Waals surface area contributed by atoms with E-state index in [1.807, 2.05) is 13.0 Å². The molecule has 0 radical (unpaired) electrons. The first-order valence-electron chi connectivity index (χ1n) is 6.02. The van der Waals surface area contributed by atoms with E-state index in [4.69, 9.17) is 5.73 Å². The molecule has 0 aliphatic carbocycles. The first-order chi connectivity index (χ1) is 9.06. The number of benzene rings is 2. The fraction of sp³-hybridized carbons (Fsp3) is 0.200. The maximum Gasteiger partial charge on any atom is 0.127 e. The average Bonchev–Trinajstić information content (AvgIpc) is 2.36. The molecule has 0 amide bonds. The van der Waals surface area contributed by atoms with Gasteiger partial charge in [-0.15, -0.1) is 0 Å². The van der Waals surface area contributed by atoms with Crippen LogP contribution in [0.25, 0.3) is 0 Å². The van der Waals surface area contributed by atoms with Crippen molar-refractivity contribution in [3.05, 3.63) is 59.7 Å². The lowest BCUT2D eigenvalue weighted by Gasteiger charge is -2.12. The number of nitrogens with two attached hydrogens (primary N) is 1. The van der Waals surface area contributed by atoms with Crippen LogP contribution in [0.3, 0.4) is 0 Å². The van der Waals surface area contributed by atoms with E-state index in [1.165, 1.54) is 30.0 Å². The van der Waals surface area contributed by atoms with Crippen molar-refractivity contribution >= 4 is 11.8 Å². The van der Waals surface area contributed by atoms with Crippen molar-refractivity contribution in [3.63, 3.8) is 0 Å². The van der Waals surface area contributed by atoms with Gasteiger partial charge in [0.2, 0.25) is 0 Å². The SMILES string of the molecule is CC(N)Cc1c(F)cccc1Sc1ccc(F)cc1. The van der Waals surface area contributed by atoms with Gasteiger partial charge in [0, 0.05) is 21.4 Å². The first-order valence-corrected chi connectivity index (χ1v) is 6.84. The molecule has 1 nitrogen and oxygen atoms in total. The summed E-state index contributed by atoms with van der Waals surface area (Å²) >= 11 is 1.42. The Morgan fingerprint density at radius 1 is 1.11 bits per heavy atom. The number of halogens is 2. The van der Waals surface area contributed by atoms with Gasteiger partial charge in [-0.25, -0.2) is 8.78 Å². The van der Waals surface area contributed by atoms with Crippen LogP contribution in [0.5, 0.6) is 0 Å². The van der Waals surface area contributed by atoms with Crippen molar-refractivity contribution in [2.75, 3.05) is 0 Å². The maximum absolute atomic E-state index is 13.8. The standard InChI is InChI=1S/C15H15F2NS/c1-10(18)9-13-14(17)3-2-4-15(13)19-12-7-5-11(16)6-8-12/h2-8,10H,9,18H2,1H3. The molecule has 4 heteroatoms. The highest BCUT2D eigenvalue weighted by Crippen LogP contribution is 2.32. The second kappa shape index (κ2) is 6.17. The van der Waals surface area contributed by atoms with E-state index in [2.05, 4.69) is 0 Å². The highest BCUT2D eigenvalue weighted by molar-refractivity contribution is 7.99. The van der Waals surface area contributed by atoms with E-state index in [9.17, 15) is 8.78 Å². The van der Waals surface area contributed by atoms with Crippen LogP contribution in [0.1, 0.15) is 12.5 Å². The summed E-state index contributed by atoms with van der Waals surface area (Å²) in [6.07, 6.45) is 0.482. The zero-order valence-corrected chi connectivity index (χ0v) is 11.4. The quantitative estimate of drug-likeness (QED) is 0.915. The van der Waals surface area contributed by atoms with Gasteiger partial charge in [-0.2, -0.15) is 0 Å². The first kappa shape index (κ1) is 14.0. The van der Waals surface area contributed by atoms with Crippen LogP contribution in [-0.2, 0) is 6.42 Å². The lowest BCUT2D eigenvalue weighted by molar-refractivity contribution is 0.588. The van der Waals surface area contributed by atoms with Gasteiger partial charge in [0.05, 0.1) is 0 Å². The third-order valence-electron chi connectivity index (χ3n) is 2.64. The molecule has 0 fully saturated rings. The minimum Gasteiger partial charge on any atom is -0.328 e. The summed E-state index contributed by atoms with van der Waals surface area (Å²) in [6.45, 7) is 1.85. The van der Waals surface area contributed by atoms with Crippen LogP contribution in [0.2, 0.25) is 0 Å². The Morgan fingerprint density at radius 3 is 2.42 bits per heavy atom. The second-order valence-electron chi connectivity index (χ2n) is 4.45. The molecule has 0 aromatic heterocycles. The molecule has 0 bridgehead atoms. The molecule has 19 heavy (non-hydrogen) atoms.